The zero-order valence-electron chi connectivity index (χ0n) is 12.3. The fraction of sp³-hybridized carbons (Fsp3) is 0.769. The van der Waals surface area contributed by atoms with Crippen molar-refractivity contribution >= 4 is 27.4 Å². The van der Waals surface area contributed by atoms with Crippen LogP contribution in [0.5, 0.6) is 0 Å². The van der Waals surface area contributed by atoms with Crippen molar-refractivity contribution in [3.8, 4) is 0 Å². The second kappa shape index (κ2) is 6.13. The van der Waals surface area contributed by atoms with Crippen LogP contribution in [0.2, 0.25) is 0 Å². The van der Waals surface area contributed by atoms with Crippen molar-refractivity contribution in [3.05, 3.63) is 0 Å². The molecule has 21 heavy (non-hydrogen) atoms. The lowest BCUT2D eigenvalue weighted by atomic mass is 10.1. The molecule has 2 heterocycles. The molecule has 0 spiro atoms. The zero-order chi connectivity index (χ0) is 15.6. The van der Waals surface area contributed by atoms with Crippen LogP contribution in [0.15, 0.2) is 5.10 Å². The van der Waals surface area contributed by atoms with Crippen molar-refractivity contribution in [1.82, 2.24) is 10.3 Å². The van der Waals surface area contributed by atoms with Gasteiger partial charge in [0.2, 0.25) is 5.91 Å². The molecule has 0 aromatic carbocycles. The van der Waals surface area contributed by atoms with Crippen molar-refractivity contribution in [3.63, 3.8) is 0 Å². The molecular weight excluding hydrogens is 294 g/mol. The molecule has 1 fully saturated rings. The average Bonchev–Trinajstić information content (AvgIpc) is 2.76. The topological polar surface area (TPSA) is 95.9 Å². The third kappa shape index (κ3) is 4.03. The van der Waals surface area contributed by atoms with E-state index in [4.69, 9.17) is 0 Å². The standard InChI is InChI=1S/C13H21N3O4S/c1-9(2)7-14-13(18)11-3-4-12(17)16(15-11)10-5-6-21(19,20)8-10/h9-10H,3-8H2,1-2H3,(H,14,18). The third-order valence-corrected chi connectivity index (χ3v) is 5.30. The molecule has 0 saturated carbocycles. The van der Waals surface area contributed by atoms with Crippen LogP contribution in [0.4, 0.5) is 0 Å². The molecule has 1 unspecified atom stereocenters. The van der Waals surface area contributed by atoms with E-state index >= 15 is 0 Å². The first-order chi connectivity index (χ1) is 9.78. The van der Waals surface area contributed by atoms with Gasteiger partial charge in [-0.1, -0.05) is 13.8 Å². The molecule has 0 bridgehead atoms. The van der Waals surface area contributed by atoms with Crippen LogP contribution in [0.25, 0.3) is 0 Å². The van der Waals surface area contributed by atoms with Gasteiger partial charge in [0, 0.05) is 19.4 Å². The van der Waals surface area contributed by atoms with Crippen molar-refractivity contribution in [2.24, 2.45) is 11.0 Å². The molecule has 0 aromatic heterocycles. The summed E-state index contributed by atoms with van der Waals surface area (Å²) in [4.78, 5) is 23.9. The average molecular weight is 315 g/mol. The summed E-state index contributed by atoms with van der Waals surface area (Å²) >= 11 is 0. The van der Waals surface area contributed by atoms with Crippen molar-refractivity contribution < 1.29 is 18.0 Å². The molecule has 1 N–H and O–H groups in total. The van der Waals surface area contributed by atoms with E-state index in [9.17, 15) is 18.0 Å². The Labute approximate surface area is 124 Å². The fourth-order valence-electron chi connectivity index (χ4n) is 2.39. The second-order valence-corrected chi connectivity index (χ2v) is 8.17. The lowest BCUT2D eigenvalue weighted by Crippen LogP contribution is -2.44. The van der Waals surface area contributed by atoms with E-state index in [1.165, 1.54) is 5.01 Å². The lowest BCUT2D eigenvalue weighted by molar-refractivity contribution is -0.133. The minimum absolute atomic E-state index is 0.0663. The van der Waals surface area contributed by atoms with E-state index in [2.05, 4.69) is 10.4 Å². The van der Waals surface area contributed by atoms with Gasteiger partial charge < -0.3 is 5.32 Å². The number of carbonyl (C=O) groups excluding carboxylic acids is 2. The van der Waals surface area contributed by atoms with E-state index in [1.54, 1.807) is 0 Å². The monoisotopic (exact) mass is 315 g/mol. The van der Waals surface area contributed by atoms with Gasteiger partial charge in [0.1, 0.15) is 5.71 Å². The molecule has 2 aliphatic rings. The van der Waals surface area contributed by atoms with Crippen LogP contribution in [-0.4, -0.2) is 55.0 Å². The Balaban J connectivity index is 2.08. The number of nitrogens with one attached hydrogen (secondary N) is 1. The summed E-state index contributed by atoms with van der Waals surface area (Å²) in [7, 11) is -3.09. The number of hydrogen-bond donors (Lipinski definition) is 1. The highest BCUT2D eigenvalue weighted by Gasteiger charge is 2.37. The van der Waals surface area contributed by atoms with E-state index in [0.717, 1.165) is 0 Å². The highest BCUT2D eigenvalue weighted by atomic mass is 32.2. The van der Waals surface area contributed by atoms with E-state index in [-0.39, 0.29) is 29.7 Å². The Hall–Kier alpha value is -1.44. The molecule has 1 atom stereocenters. The van der Waals surface area contributed by atoms with Gasteiger partial charge >= 0.3 is 0 Å². The summed E-state index contributed by atoms with van der Waals surface area (Å²) < 4.78 is 23.0. The van der Waals surface area contributed by atoms with Gasteiger partial charge in [0.15, 0.2) is 9.84 Å². The number of hydrogen-bond acceptors (Lipinski definition) is 5. The highest BCUT2D eigenvalue weighted by Crippen LogP contribution is 2.22. The van der Waals surface area contributed by atoms with Crippen LogP contribution >= 0.6 is 0 Å². The summed E-state index contributed by atoms with van der Waals surface area (Å²) in [5.74, 6) is -0.148. The predicted octanol–water partition coefficient (Wildman–Crippen LogP) is -0.0759. The Kier molecular flexibility index (Phi) is 4.65. The van der Waals surface area contributed by atoms with Crippen LogP contribution in [-0.2, 0) is 19.4 Å². The van der Waals surface area contributed by atoms with Crippen molar-refractivity contribution in [2.75, 3.05) is 18.1 Å². The van der Waals surface area contributed by atoms with Gasteiger partial charge in [-0.25, -0.2) is 13.4 Å². The molecule has 0 aromatic rings. The van der Waals surface area contributed by atoms with Crippen molar-refractivity contribution in [2.45, 2.75) is 39.2 Å². The maximum atomic E-state index is 12.0. The van der Waals surface area contributed by atoms with Gasteiger partial charge in [0.05, 0.1) is 17.5 Å². The third-order valence-electron chi connectivity index (χ3n) is 3.55. The largest absolute Gasteiger partial charge is 0.351 e. The SMILES string of the molecule is CC(C)CNC(=O)C1=NN(C2CCS(=O)(=O)C2)C(=O)CC1. The van der Waals surface area contributed by atoms with E-state index < -0.39 is 15.9 Å². The number of hydrazone groups is 1. The number of rotatable bonds is 4. The number of sulfone groups is 1. The Morgan fingerprint density at radius 1 is 1.43 bits per heavy atom. The molecule has 0 radical (unpaired) electrons. The smallest absolute Gasteiger partial charge is 0.267 e. The first-order valence-electron chi connectivity index (χ1n) is 7.16. The molecule has 2 aliphatic heterocycles. The normalized spacial score (nSPS) is 25.1. The van der Waals surface area contributed by atoms with Crippen LogP contribution in [0, 0.1) is 5.92 Å². The minimum atomic E-state index is -3.09. The zero-order valence-corrected chi connectivity index (χ0v) is 13.1. The molecule has 2 rings (SSSR count). The van der Waals surface area contributed by atoms with Gasteiger partial charge in [-0.3, -0.25) is 9.59 Å². The van der Waals surface area contributed by atoms with Gasteiger partial charge in [-0.15, -0.1) is 0 Å². The molecular formula is C13H21N3O4S. The van der Waals surface area contributed by atoms with Gasteiger partial charge in [0.25, 0.3) is 5.91 Å². The lowest BCUT2D eigenvalue weighted by Gasteiger charge is -2.27. The number of amides is 2. The molecule has 2 amide bonds. The minimum Gasteiger partial charge on any atom is -0.351 e. The second-order valence-electron chi connectivity index (χ2n) is 5.95. The van der Waals surface area contributed by atoms with Crippen molar-refractivity contribution in [1.29, 1.82) is 0 Å². The maximum Gasteiger partial charge on any atom is 0.267 e. The maximum absolute atomic E-state index is 12.0. The summed E-state index contributed by atoms with van der Waals surface area (Å²) in [5.41, 5.74) is 0.305. The summed E-state index contributed by atoms with van der Waals surface area (Å²) in [5, 5.41) is 8.09. The first-order valence-corrected chi connectivity index (χ1v) is 8.99. The molecule has 118 valence electrons. The molecule has 1 saturated heterocycles. The van der Waals surface area contributed by atoms with Gasteiger partial charge in [-0.05, 0) is 12.3 Å². The molecule has 8 heteroatoms. The number of carbonyl (C=O) groups is 2. The molecule has 7 nitrogen and oxygen atoms in total. The van der Waals surface area contributed by atoms with Crippen LogP contribution in [0.3, 0.4) is 0 Å². The summed E-state index contributed by atoms with van der Waals surface area (Å²) in [6.07, 6.45) is 0.891. The Morgan fingerprint density at radius 2 is 2.14 bits per heavy atom. The van der Waals surface area contributed by atoms with E-state index in [0.29, 0.717) is 31.0 Å². The van der Waals surface area contributed by atoms with Crippen LogP contribution < -0.4 is 5.32 Å². The quantitative estimate of drug-likeness (QED) is 0.785. The van der Waals surface area contributed by atoms with Gasteiger partial charge in [-0.2, -0.15) is 5.10 Å². The number of nitrogens with zero attached hydrogens (tertiary/aromatic N) is 2. The first kappa shape index (κ1) is 15.9. The summed E-state index contributed by atoms with van der Waals surface area (Å²) in [6, 6.07) is -0.435. The Morgan fingerprint density at radius 3 is 2.71 bits per heavy atom. The fourth-order valence-corrected chi connectivity index (χ4v) is 4.08. The summed E-state index contributed by atoms with van der Waals surface area (Å²) in [6.45, 7) is 4.52. The Bertz CT molecular complexity index is 568. The highest BCUT2D eigenvalue weighted by molar-refractivity contribution is 7.91. The molecule has 0 aliphatic carbocycles. The van der Waals surface area contributed by atoms with Crippen LogP contribution in [0.1, 0.15) is 33.1 Å². The predicted molar refractivity (Wildman–Crippen MR) is 78.4 cm³/mol. The van der Waals surface area contributed by atoms with E-state index in [1.807, 2.05) is 13.8 Å².